The van der Waals surface area contributed by atoms with Crippen LogP contribution >= 0.6 is 0 Å². The maximum Gasteiger partial charge on any atom is 0.337 e. The number of hydrogen-bond donors (Lipinski definition) is 2. The van der Waals surface area contributed by atoms with Crippen molar-refractivity contribution in [3.8, 4) is 0 Å². The second-order valence-corrected chi connectivity index (χ2v) is 3.25. The number of esters is 1. The smallest absolute Gasteiger partial charge is 0.337 e. The zero-order chi connectivity index (χ0) is 15.0. The Labute approximate surface area is 108 Å². The van der Waals surface area contributed by atoms with Crippen molar-refractivity contribution in [2.75, 3.05) is 7.11 Å². The highest BCUT2D eigenvalue weighted by Crippen LogP contribution is 2.20. The number of aliphatic imine (C=N–C) groups is 1. The van der Waals surface area contributed by atoms with Gasteiger partial charge in [-0.25, -0.2) is 9.79 Å². The van der Waals surface area contributed by atoms with Crippen molar-refractivity contribution >= 4 is 17.6 Å². The molecule has 0 spiro atoms. The van der Waals surface area contributed by atoms with Gasteiger partial charge in [-0.15, -0.1) is 0 Å². The molecule has 1 rings (SSSR count). The number of rotatable bonds is 2. The van der Waals surface area contributed by atoms with Gasteiger partial charge in [-0.3, -0.25) is 0 Å². The van der Waals surface area contributed by atoms with Crippen LogP contribution < -0.4 is 11.5 Å². The highest BCUT2D eigenvalue weighted by molar-refractivity contribution is 5.91. The molecular formula is C10H13N4O5-. The van der Waals surface area contributed by atoms with Crippen LogP contribution in [0.5, 0.6) is 0 Å². The summed E-state index contributed by atoms with van der Waals surface area (Å²) in [4.78, 5) is 23.4. The topological polar surface area (TPSA) is 157 Å². The third-order valence-electron chi connectivity index (χ3n) is 1.88. The van der Waals surface area contributed by atoms with Gasteiger partial charge in [0.25, 0.3) is 0 Å². The molecule has 4 N–H and O–H groups in total. The molecule has 0 fully saturated rings. The summed E-state index contributed by atoms with van der Waals surface area (Å²) in [7, 11) is 1.32. The van der Waals surface area contributed by atoms with Gasteiger partial charge in [0.1, 0.15) is 0 Å². The summed E-state index contributed by atoms with van der Waals surface area (Å²) >= 11 is 0. The molecular weight excluding hydrogens is 256 g/mol. The van der Waals surface area contributed by atoms with E-state index in [1.54, 1.807) is 18.2 Å². The highest BCUT2D eigenvalue weighted by Gasteiger charge is 2.07. The molecule has 0 aromatic heterocycles. The molecule has 0 aliphatic heterocycles. The maximum atomic E-state index is 11.2. The number of ether oxygens (including phenoxy) is 1. The van der Waals surface area contributed by atoms with Crippen molar-refractivity contribution in [1.29, 1.82) is 0 Å². The monoisotopic (exact) mass is 269 g/mol. The first-order valence-electron chi connectivity index (χ1n) is 4.88. The summed E-state index contributed by atoms with van der Waals surface area (Å²) in [5, 5.41) is 14.8. The summed E-state index contributed by atoms with van der Waals surface area (Å²) in [5.74, 6) is -0.456. The molecule has 1 aromatic carbocycles. The van der Waals surface area contributed by atoms with Crippen LogP contribution in [0.3, 0.4) is 0 Å². The van der Waals surface area contributed by atoms with E-state index in [-0.39, 0.29) is 5.96 Å². The predicted molar refractivity (Wildman–Crippen MR) is 68.3 cm³/mol. The number of hydrogen-bond acceptors (Lipinski definition) is 6. The van der Waals surface area contributed by atoms with Crippen LogP contribution in [0.2, 0.25) is 0 Å². The lowest BCUT2D eigenvalue weighted by Crippen LogP contribution is -2.22. The van der Waals surface area contributed by atoms with E-state index in [0.29, 0.717) is 11.3 Å². The van der Waals surface area contributed by atoms with Gasteiger partial charge in [0, 0.05) is 0 Å². The van der Waals surface area contributed by atoms with Gasteiger partial charge < -0.3 is 31.5 Å². The molecule has 19 heavy (non-hydrogen) atoms. The molecule has 0 aliphatic rings. The van der Waals surface area contributed by atoms with E-state index in [2.05, 4.69) is 9.73 Å². The molecule has 0 aliphatic carbocycles. The number of nitrogens with zero attached hydrogens (tertiary/aromatic N) is 2. The minimum atomic E-state index is -1.75. The van der Waals surface area contributed by atoms with Crippen LogP contribution in [-0.4, -0.2) is 24.1 Å². The van der Waals surface area contributed by atoms with E-state index >= 15 is 0 Å². The lowest BCUT2D eigenvalue weighted by Gasteiger charge is -2.03. The summed E-state index contributed by atoms with van der Waals surface area (Å²) in [6.45, 7) is 1.85. The minimum absolute atomic E-state index is 0.0416. The first-order chi connectivity index (χ1) is 8.77. The van der Waals surface area contributed by atoms with Gasteiger partial charge in [-0.1, -0.05) is 6.07 Å². The fraction of sp³-hybridized carbons (Fsp3) is 0.200. The molecule has 0 bridgehead atoms. The fourth-order valence-corrected chi connectivity index (χ4v) is 1.11. The third-order valence-corrected chi connectivity index (χ3v) is 1.88. The summed E-state index contributed by atoms with van der Waals surface area (Å²) in [6.07, 6.45) is 0. The first-order valence-corrected chi connectivity index (χ1v) is 4.88. The highest BCUT2D eigenvalue weighted by atomic mass is 16.9. The van der Waals surface area contributed by atoms with Crippen LogP contribution in [0.25, 0.3) is 0 Å². The van der Waals surface area contributed by atoms with Crippen molar-refractivity contribution in [3.05, 3.63) is 44.6 Å². The zero-order valence-corrected chi connectivity index (χ0v) is 10.3. The standard InChI is InChI=1S/C10H13N3O2.NO3/c1-6-3-4-7(9(14)15-2)5-8(6)13-10(11)12;2-1(3)4/h3-5H,1-2H3,(H4,11,12,13);/q;-1. The number of benzene rings is 1. The van der Waals surface area contributed by atoms with E-state index < -0.39 is 11.1 Å². The van der Waals surface area contributed by atoms with Crippen molar-refractivity contribution in [3.63, 3.8) is 0 Å². The number of guanidine groups is 1. The Balaban J connectivity index is 0.000000711. The summed E-state index contributed by atoms with van der Waals surface area (Å²) in [6, 6.07) is 5.00. The van der Waals surface area contributed by atoms with E-state index in [0.717, 1.165) is 5.56 Å². The molecule has 0 heterocycles. The normalized spacial score (nSPS) is 8.74. The van der Waals surface area contributed by atoms with Gasteiger partial charge in [-0.05, 0) is 24.6 Å². The van der Waals surface area contributed by atoms with E-state index in [9.17, 15) is 4.79 Å². The molecule has 9 heteroatoms. The zero-order valence-electron chi connectivity index (χ0n) is 10.3. The second kappa shape index (κ2) is 7.48. The molecule has 0 atom stereocenters. The average molecular weight is 269 g/mol. The number of carbonyl (C=O) groups is 1. The summed E-state index contributed by atoms with van der Waals surface area (Å²) < 4.78 is 4.59. The Morgan fingerprint density at radius 1 is 1.37 bits per heavy atom. The van der Waals surface area contributed by atoms with Crippen LogP contribution in [0, 0.1) is 22.2 Å². The van der Waals surface area contributed by atoms with E-state index in [1.165, 1.54) is 7.11 Å². The Morgan fingerprint density at radius 3 is 2.32 bits per heavy atom. The van der Waals surface area contributed by atoms with E-state index in [1.807, 2.05) is 6.92 Å². The lowest BCUT2D eigenvalue weighted by molar-refractivity contribution is -0.402. The third kappa shape index (κ3) is 6.46. The molecule has 9 nitrogen and oxygen atoms in total. The molecule has 0 saturated heterocycles. The van der Waals surface area contributed by atoms with Crippen LogP contribution in [0.15, 0.2) is 23.2 Å². The molecule has 104 valence electrons. The Kier molecular flexibility index (Phi) is 6.36. The number of aryl methyl sites for hydroxylation is 1. The average Bonchev–Trinajstić information content (AvgIpc) is 2.29. The van der Waals surface area contributed by atoms with Crippen molar-refractivity contribution < 1.29 is 14.6 Å². The molecule has 0 radical (unpaired) electrons. The molecule has 0 amide bonds. The molecule has 0 saturated carbocycles. The van der Waals surface area contributed by atoms with Crippen LogP contribution in [0.4, 0.5) is 5.69 Å². The minimum Gasteiger partial charge on any atom is -0.465 e. The van der Waals surface area contributed by atoms with Gasteiger partial charge in [0.05, 0.1) is 23.4 Å². The lowest BCUT2D eigenvalue weighted by atomic mass is 10.1. The first kappa shape index (κ1) is 16.2. The van der Waals surface area contributed by atoms with Gasteiger partial charge in [0.15, 0.2) is 5.96 Å². The fourth-order valence-electron chi connectivity index (χ4n) is 1.11. The Hall–Kier alpha value is -2.84. The van der Waals surface area contributed by atoms with Gasteiger partial charge in [-0.2, -0.15) is 0 Å². The van der Waals surface area contributed by atoms with Gasteiger partial charge in [0.2, 0.25) is 0 Å². The number of methoxy groups -OCH3 is 1. The van der Waals surface area contributed by atoms with E-state index in [4.69, 9.17) is 26.8 Å². The quantitative estimate of drug-likeness (QED) is 0.259. The SMILES string of the molecule is COC(=O)c1ccc(C)c(N=C(N)N)c1.O=[N+]([O-])[O-]. The number of nitrogens with two attached hydrogens (primary N) is 2. The molecule has 0 unspecified atom stereocenters. The second-order valence-electron chi connectivity index (χ2n) is 3.25. The summed E-state index contributed by atoms with van der Waals surface area (Å²) in [5.41, 5.74) is 12.4. The van der Waals surface area contributed by atoms with Gasteiger partial charge >= 0.3 is 5.97 Å². The molecule has 1 aromatic rings. The Bertz CT molecular complexity index is 493. The van der Waals surface area contributed by atoms with Crippen LogP contribution in [-0.2, 0) is 4.74 Å². The predicted octanol–water partition coefficient (Wildman–Crippen LogP) is 0.447. The number of carbonyl (C=O) groups excluding carboxylic acids is 1. The van der Waals surface area contributed by atoms with Crippen molar-refractivity contribution in [2.24, 2.45) is 16.5 Å². The van der Waals surface area contributed by atoms with Crippen molar-refractivity contribution in [1.82, 2.24) is 0 Å². The van der Waals surface area contributed by atoms with Crippen molar-refractivity contribution in [2.45, 2.75) is 6.92 Å². The maximum absolute atomic E-state index is 11.2. The Morgan fingerprint density at radius 2 is 1.89 bits per heavy atom. The largest absolute Gasteiger partial charge is 0.465 e. The van der Waals surface area contributed by atoms with Crippen LogP contribution in [0.1, 0.15) is 15.9 Å².